The van der Waals surface area contributed by atoms with Crippen LogP contribution in [0.4, 0.5) is 19.0 Å². The normalized spacial score (nSPS) is 21.0. The van der Waals surface area contributed by atoms with Crippen LogP contribution < -0.4 is 15.9 Å². The van der Waals surface area contributed by atoms with Crippen LogP contribution >= 0.6 is 0 Å². The first-order valence-electron chi connectivity index (χ1n) is 10.4. The van der Waals surface area contributed by atoms with E-state index in [9.17, 15) is 18.0 Å². The number of nitrogens with zero attached hydrogens (tertiary/aromatic N) is 4. The number of hydrogen-bond donors (Lipinski definition) is 1. The highest BCUT2D eigenvalue weighted by Crippen LogP contribution is 2.31. The molecule has 32 heavy (non-hydrogen) atoms. The molecule has 0 aliphatic carbocycles. The third-order valence-corrected chi connectivity index (χ3v) is 6.09. The predicted octanol–water partition coefficient (Wildman–Crippen LogP) is 3.46. The average Bonchev–Trinajstić information content (AvgIpc) is 3.36. The van der Waals surface area contributed by atoms with E-state index >= 15 is 0 Å². The maximum absolute atomic E-state index is 14.7. The van der Waals surface area contributed by atoms with Crippen LogP contribution in [0.3, 0.4) is 0 Å². The lowest BCUT2D eigenvalue weighted by Crippen LogP contribution is -2.49. The first-order chi connectivity index (χ1) is 15.3. The van der Waals surface area contributed by atoms with Crippen LogP contribution in [0, 0.1) is 12.7 Å². The molecule has 3 aromatic rings. The number of fused-ring (bicyclic) bond motifs is 3. The van der Waals surface area contributed by atoms with E-state index in [-0.39, 0.29) is 23.3 Å². The van der Waals surface area contributed by atoms with E-state index in [1.54, 1.807) is 24.7 Å². The fourth-order valence-corrected chi connectivity index (χ4v) is 4.52. The first-order valence-corrected chi connectivity index (χ1v) is 10.4. The molecule has 0 amide bonds. The van der Waals surface area contributed by atoms with E-state index in [2.05, 4.69) is 15.3 Å². The van der Waals surface area contributed by atoms with Crippen molar-refractivity contribution >= 4 is 16.7 Å². The number of benzene rings is 1. The smallest absolute Gasteiger partial charge is 0.271 e. The van der Waals surface area contributed by atoms with Gasteiger partial charge in [0.05, 0.1) is 47.8 Å². The summed E-state index contributed by atoms with van der Waals surface area (Å²) in [5.74, 6) is -0.112. The molecule has 1 aromatic carbocycles. The van der Waals surface area contributed by atoms with Crippen LogP contribution in [0.15, 0.2) is 35.3 Å². The van der Waals surface area contributed by atoms with Crippen molar-refractivity contribution in [1.29, 1.82) is 0 Å². The lowest BCUT2D eigenvalue weighted by molar-refractivity contribution is 0.0906. The maximum Gasteiger partial charge on any atom is 0.271 e. The topological polar surface area (TPSA) is 72.3 Å². The number of morpholine rings is 1. The number of rotatable bonds is 5. The van der Waals surface area contributed by atoms with Crippen LogP contribution in [-0.4, -0.2) is 39.9 Å². The summed E-state index contributed by atoms with van der Waals surface area (Å²) in [6.45, 7) is 4.55. The standard InChI is InChI=1S/C22H22F3N5O2/c1-11(15-4-3-5-16(20(15)23)21(24)25)26-22-17-9-30(29-8-14-6-13(29)10-32-14)19(31)7-18(17)27-12(2)28-22/h3-5,7,9,11,13-14,21H,6,8,10H2,1-2H3,(H,26,27,28)/t11-,13?,14?/m1/s1. The van der Waals surface area contributed by atoms with Crippen LogP contribution in [-0.2, 0) is 4.74 Å². The van der Waals surface area contributed by atoms with Gasteiger partial charge < -0.3 is 15.1 Å². The zero-order chi connectivity index (χ0) is 22.6. The monoisotopic (exact) mass is 445 g/mol. The molecule has 2 unspecified atom stereocenters. The number of halogens is 3. The zero-order valence-electron chi connectivity index (χ0n) is 17.6. The van der Waals surface area contributed by atoms with E-state index in [0.29, 0.717) is 35.7 Å². The van der Waals surface area contributed by atoms with Crippen LogP contribution in [0.5, 0.6) is 0 Å². The predicted molar refractivity (Wildman–Crippen MR) is 113 cm³/mol. The minimum atomic E-state index is -2.90. The number of anilines is 1. The van der Waals surface area contributed by atoms with Gasteiger partial charge in [0.2, 0.25) is 0 Å². The average molecular weight is 445 g/mol. The third-order valence-electron chi connectivity index (χ3n) is 6.09. The minimum absolute atomic E-state index is 0.106. The summed E-state index contributed by atoms with van der Waals surface area (Å²) in [6.07, 6.45) is -0.242. The van der Waals surface area contributed by atoms with Crippen molar-refractivity contribution in [3.8, 4) is 0 Å². The van der Waals surface area contributed by atoms with Crippen LogP contribution in [0.2, 0.25) is 0 Å². The van der Waals surface area contributed by atoms with E-state index < -0.39 is 23.8 Å². The molecule has 7 nitrogen and oxygen atoms in total. The molecule has 2 bridgehead atoms. The van der Waals surface area contributed by atoms with Gasteiger partial charge in [0.1, 0.15) is 17.5 Å². The van der Waals surface area contributed by atoms with Crippen molar-refractivity contribution in [3.05, 3.63) is 63.6 Å². The largest absolute Gasteiger partial charge is 0.374 e. The Morgan fingerprint density at radius 1 is 1.25 bits per heavy atom. The van der Waals surface area contributed by atoms with E-state index in [0.717, 1.165) is 12.5 Å². The Hall–Kier alpha value is -3.14. The zero-order valence-corrected chi connectivity index (χ0v) is 17.6. The summed E-state index contributed by atoms with van der Waals surface area (Å²) in [5, 5.41) is 5.69. The fourth-order valence-electron chi connectivity index (χ4n) is 4.52. The number of nitrogens with one attached hydrogen (secondary N) is 1. The van der Waals surface area contributed by atoms with Crippen molar-refractivity contribution in [2.45, 2.75) is 44.9 Å². The van der Waals surface area contributed by atoms with E-state index in [1.165, 1.54) is 18.2 Å². The number of hydrogen-bond acceptors (Lipinski definition) is 6. The van der Waals surface area contributed by atoms with Crippen LogP contribution in [0.1, 0.15) is 42.8 Å². The first kappa shape index (κ1) is 20.7. The van der Waals surface area contributed by atoms with Gasteiger partial charge in [-0.25, -0.2) is 27.8 Å². The molecule has 2 aliphatic rings. The number of aryl methyl sites for hydroxylation is 1. The molecule has 4 heterocycles. The quantitative estimate of drug-likeness (QED) is 0.649. The summed E-state index contributed by atoms with van der Waals surface area (Å²) in [6, 6.07) is 4.87. The molecule has 1 N–H and O–H groups in total. The molecule has 5 rings (SSSR count). The van der Waals surface area contributed by atoms with Gasteiger partial charge in [-0.05, 0) is 20.3 Å². The fraction of sp³-hybridized carbons (Fsp3) is 0.409. The highest BCUT2D eigenvalue weighted by atomic mass is 19.3. The van der Waals surface area contributed by atoms with Crippen molar-refractivity contribution in [1.82, 2.24) is 14.6 Å². The Morgan fingerprint density at radius 2 is 2.03 bits per heavy atom. The van der Waals surface area contributed by atoms with Crippen molar-refractivity contribution in [3.63, 3.8) is 0 Å². The SMILES string of the molecule is Cc1nc(N[C@H](C)c2cccc(C(F)F)c2F)c2cn(N3CC4CC3CO4)c(=O)cc2n1. The molecule has 0 saturated carbocycles. The van der Waals surface area contributed by atoms with Gasteiger partial charge in [0.15, 0.2) is 0 Å². The Labute approximate surface area is 181 Å². The Kier molecular flexibility index (Phi) is 5.04. The van der Waals surface area contributed by atoms with Gasteiger partial charge in [0.25, 0.3) is 12.0 Å². The van der Waals surface area contributed by atoms with Gasteiger partial charge in [-0.2, -0.15) is 0 Å². The second-order valence-electron chi connectivity index (χ2n) is 8.26. The summed E-state index contributed by atoms with van der Waals surface area (Å²) >= 11 is 0. The molecular weight excluding hydrogens is 423 g/mol. The van der Waals surface area contributed by atoms with E-state index in [4.69, 9.17) is 4.74 Å². The number of alkyl halides is 2. The van der Waals surface area contributed by atoms with Crippen LogP contribution in [0.25, 0.3) is 10.9 Å². The maximum atomic E-state index is 14.7. The summed E-state index contributed by atoms with van der Waals surface area (Å²) in [4.78, 5) is 21.6. The highest BCUT2D eigenvalue weighted by Gasteiger charge is 2.39. The summed E-state index contributed by atoms with van der Waals surface area (Å²) in [7, 11) is 0. The Bertz CT molecular complexity index is 1250. The Balaban J connectivity index is 1.54. The number of pyridine rings is 1. The van der Waals surface area contributed by atoms with Gasteiger partial charge in [-0.1, -0.05) is 18.2 Å². The van der Waals surface area contributed by atoms with Gasteiger partial charge in [-0.3, -0.25) is 4.79 Å². The van der Waals surface area contributed by atoms with E-state index in [1.807, 2.05) is 5.01 Å². The van der Waals surface area contributed by atoms with Gasteiger partial charge in [0, 0.05) is 17.8 Å². The second kappa shape index (κ2) is 7.77. The van der Waals surface area contributed by atoms with Gasteiger partial charge in [-0.15, -0.1) is 0 Å². The number of aromatic nitrogens is 3. The molecule has 10 heteroatoms. The molecular formula is C22H22F3N5O2. The molecule has 2 saturated heterocycles. The Morgan fingerprint density at radius 3 is 2.72 bits per heavy atom. The highest BCUT2D eigenvalue weighted by molar-refractivity contribution is 5.88. The van der Waals surface area contributed by atoms with Crippen molar-refractivity contribution < 1.29 is 17.9 Å². The van der Waals surface area contributed by atoms with Crippen molar-refractivity contribution in [2.24, 2.45) is 0 Å². The molecule has 2 fully saturated rings. The molecule has 0 radical (unpaired) electrons. The number of ether oxygens (including phenoxy) is 1. The lowest BCUT2D eigenvalue weighted by Gasteiger charge is -2.30. The third kappa shape index (κ3) is 3.48. The molecule has 0 spiro atoms. The van der Waals surface area contributed by atoms with Gasteiger partial charge >= 0.3 is 0 Å². The minimum Gasteiger partial charge on any atom is -0.374 e. The lowest BCUT2D eigenvalue weighted by atomic mass is 10.0. The summed E-state index contributed by atoms with van der Waals surface area (Å²) < 4.78 is 48.1. The molecule has 3 atom stereocenters. The second-order valence-corrected chi connectivity index (χ2v) is 8.26. The molecule has 2 aromatic heterocycles. The summed E-state index contributed by atoms with van der Waals surface area (Å²) in [5.41, 5.74) is -0.289. The molecule has 2 aliphatic heterocycles. The molecule has 168 valence electrons. The van der Waals surface area contributed by atoms with Crippen molar-refractivity contribution in [2.75, 3.05) is 23.5 Å².